The number of nitrogens with zero attached hydrogens (tertiary/aromatic N) is 5. The molecule has 18 nitrogen and oxygen atoms in total. The van der Waals surface area contributed by atoms with Crippen molar-refractivity contribution in [1.82, 2.24) is 40.2 Å². The number of rotatable bonds is 18. The number of anilines is 2. The van der Waals surface area contributed by atoms with Crippen molar-refractivity contribution in [2.45, 2.75) is 64.2 Å². The molecule has 3 aliphatic heterocycles. The Morgan fingerprint density at radius 2 is 1.79 bits per heavy atom. The molecule has 5 aromatic rings. The van der Waals surface area contributed by atoms with Crippen molar-refractivity contribution in [2.24, 2.45) is 0 Å². The Morgan fingerprint density at radius 3 is 2.61 bits per heavy atom. The lowest BCUT2D eigenvalue weighted by Crippen LogP contribution is -2.54. The number of carbonyl (C=O) groups is 6. The van der Waals surface area contributed by atoms with Crippen LogP contribution in [0.5, 0.6) is 0 Å². The molecule has 5 heterocycles. The summed E-state index contributed by atoms with van der Waals surface area (Å²) in [5, 5.41) is 16.5. The fraction of sp³-hybridized carbons (Fsp3) is 0.395. The highest BCUT2D eigenvalue weighted by atomic mass is 16.5. The Morgan fingerprint density at radius 1 is 0.934 bits per heavy atom. The number of imide groups is 2. The van der Waals surface area contributed by atoms with Crippen molar-refractivity contribution in [3.63, 3.8) is 0 Å². The fourth-order valence-corrected chi connectivity index (χ4v) is 8.04. The lowest BCUT2D eigenvalue weighted by Gasteiger charge is -2.27. The molecule has 318 valence electrons. The van der Waals surface area contributed by atoms with Gasteiger partial charge in [0.25, 0.3) is 17.7 Å². The van der Waals surface area contributed by atoms with Gasteiger partial charge in [-0.15, -0.1) is 0 Å². The summed E-state index contributed by atoms with van der Waals surface area (Å²) in [6.07, 6.45) is 4.43. The largest absolute Gasteiger partial charge is 0.382 e. The molecule has 3 aromatic carbocycles. The van der Waals surface area contributed by atoms with Crippen molar-refractivity contribution >= 4 is 68.8 Å². The number of hydrogen-bond donors (Lipinski definition) is 5. The number of amides is 6. The second kappa shape index (κ2) is 18.4. The van der Waals surface area contributed by atoms with Crippen molar-refractivity contribution in [2.75, 3.05) is 56.7 Å². The molecule has 0 spiro atoms. The number of ether oxygens (including phenoxy) is 2. The fourth-order valence-electron chi connectivity index (χ4n) is 8.04. The third-order valence-electron chi connectivity index (χ3n) is 11.3. The molecule has 2 unspecified atom stereocenters. The zero-order valence-corrected chi connectivity index (χ0v) is 33.8. The van der Waals surface area contributed by atoms with E-state index in [4.69, 9.17) is 14.5 Å². The van der Waals surface area contributed by atoms with Gasteiger partial charge in [-0.05, 0) is 81.3 Å². The molecule has 0 aliphatic carbocycles. The van der Waals surface area contributed by atoms with Gasteiger partial charge < -0.3 is 30.4 Å². The molecular weight excluding hydrogens is 785 g/mol. The van der Waals surface area contributed by atoms with Gasteiger partial charge in [0.2, 0.25) is 17.7 Å². The molecule has 0 bridgehead atoms. The Kier molecular flexibility index (Phi) is 12.4. The number of H-pyrrole nitrogens is 1. The highest BCUT2D eigenvalue weighted by Gasteiger charge is 2.45. The Bertz CT molecular complexity index is 2500. The minimum Gasteiger partial charge on any atom is -0.382 e. The number of carbonyl (C=O) groups excluding carboxylic acids is 6. The first-order valence-electron chi connectivity index (χ1n) is 20.6. The van der Waals surface area contributed by atoms with E-state index in [1.165, 1.54) is 18.9 Å². The number of likely N-dealkylation sites (tertiary alicyclic amines) is 1. The minimum atomic E-state index is -1.03. The maximum atomic E-state index is 13.2. The number of hydrogen-bond acceptors (Lipinski definition) is 12. The Labute approximate surface area is 350 Å². The van der Waals surface area contributed by atoms with Gasteiger partial charge in [-0.3, -0.25) is 48.6 Å². The molecule has 2 aromatic heterocycles. The van der Waals surface area contributed by atoms with Crippen LogP contribution in [0.15, 0.2) is 60.8 Å². The molecule has 8 rings (SSSR count). The number of benzene rings is 3. The topological polar surface area (TPSA) is 222 Å². The number of aromatic amines is 1. The minimum absolute atomic E-state index is 0.0490. The van der Waals surface area contributed by atoms with Gasteiger partial charge in [0.05, 0.1) is 73.4 Å². The smallest absolute Gasteiger partial charge is 0.264 e. The number of nitrogens with one attached hydrogen (secondary N) is 5. The number of fused-ring (bicyclic) bond motifs is 3. The SMILES string of the molecule is CC1CCCN1Cc1nc2ccc(NC(=O)c3ccc4c(cnn4CCNC(=O)CCOCCOCCNc4cccc5c4C(=O)N(C4CCC(=O)NC4=O)C5=O)c3)cc2[nH]1. The summed E-state index contributed by atoms with van der Waals surface area (Å²) < 4.78 is 13.0. The van der Waals surface area contributed by atoms with Crippen LogP contribution in [-0.2, 0) is 36.9 Å². The van der Waals surface area contributed by atoms with Crippen LogP contribution in [0.3, 0.4) is 0 Å². The molecular formula is C43H48N10O8. The van der Waals surface area contributed by atoms with E-state index in [1.54, 1.807) is 35.1 Å². The maximum absolute atomic E-state index is 13.2. The lowest BCUT2D eigenvalue weighted by molar-refractivity contribution is -0.136. The summed E-state index contributed by atoms with van der Waals surface area (Å²) in [6, 6.07) is 15.5. The van der Waals surface area contributed by atoms with Gasteiger partial charge in [0.15, 0.2) is 0 Å². The van der Waals surface area contributed by atoms with Crippen molar-refractivity contribution in [1.29, 1.82) is 0 Å². The summed E-state index contributed by atoms with van der Waals surface area (Å²) in [7, 11) is 0. The average Bonchev–Trinajstić information content (AvgIpc) is 4.02. The van der Waals surface area contributed by atoms with Gasteiger partial charge in [-0.1, -0.05) is 6.07 Å². The van der Waals surface area contributed by atoms with E-state index in [2.05, 4.69) is 43.2 Å². The molecule has 61 heavy (non-hydrogen) atoms. The van der Waals surface area contributed by atoms with Gasteiger partial charge in [-0.2, -0.15) is 5.10 Å². The van der Waals surface area contributed by atoms with Crippen LogP contribution in [-0.4, -0.2) is 123 Å². The second-order valence-corrected chi connectivity index (χ2v) is 15.4. The molecule has 5 N–H and O–H groups in total. The van der Waals surface area contributed by atoms with Gasteiger partial charge >= 0.3 is 0 Å². The average molecular weight is 833 g/mol. The van der Waals surface area contributed by atoms with E-state index < -0.39 is 29.7 Å². The van der Waals surface area contributed by atoms with Crippen molar-refractivity contribution in [3.8, 4) is 0 Å². The Balaban J connectivity index is 0.705. The normalized spacial score (nSPS) is 18.0. The second-order valence-electron chi connectivity index (χ2n) is 15.4. The van der Waals surface area contributed by atoms with Crippen LogP contribution in [0.25, 0.3) is 21.9 Å². The van der Waals surface area contributed by atoms with Gasteiger partial charge in [0, 0.05) is 54.3 Å². The lowest BCUT2D eigenvalue weighted by atomic mass is 10.0. The van der Waals surface area contributed by atoms with Crippen LogP contribution >= 0.6 is 0 Å². The van der Waals surface area contributed by atoms with E-state index in [-0.39, 0.29) is 68.6 Å². The molecule has 0 radical (unpaired) electrons. The van der Waals surface area contributed by atoms with Gasteiger partial charge in [-0.25, -0.2) is 4.98 Å². The number of imidazole rings is 1. The predicted octanol–water partition coefficient (Wildman–Crippen LogP) is 3.20. The summed E-state index contributed by atoms with van der Waals surface area (Å²) in [6.45, 7) is 6.32. The number of piperidine rings is 1. The first-order valence-corrected chi connectivity index (χ1v) is 20.6. The molecule has 0 saturated carbocycles. The molecule has 6 amide bonds. The van der Waals surface area contributed by atoms with E-state index in [0.29, 0.717) is 42.6 Å². The standard InChI is InChI=1S/C43H48N10O8/c1-26-4-3-16-51(26)25-36-48-31-9-8-29(23-33(31)49-36)47-40(56)27-7-10-34-28(22-27)24-46-52(34)17-14-45-37(54)13-18-60-20-21-61-19-15-44-32-6-2-5-30-39(32)43(59)53(42(30)58)35-11-12-38(55)50-41(35)57/h2,5-10,22-24,26,35,44H,3-4,11-21,25H2,1H3,(H,45,54)(H,47,56)(H,48,49)(H,50,55,57). The summed E-state index contributed by atoms with van der Waals surface area (Å²) >= 11 is 0. The van der Waals surface area contributed by atoms with Crippen molar-refractivity contribution < 1.29 is 38.2 Å². The predicted molar refractivity (Wildman–Crippen MR) is 224 cm³/mol. The zero-order chi connectivity index (χ0) is 42.5. The highest BCUT2D eigenvalue weighted by molar-refractivity contribution is 6.25. The molecule has 3 aliphatic rings. The first-order chi connectivity index (χ1) is 29.6. The Hall–Kier alpha value is -6.50. The van der Waals surface area contributed by atoms with Crippen molar-refractivity contribution in [3.05, 3.63) is 83.3 Å². The molecule has 2 fully saturated rings. The quantitative estimate of drug-likeness (QED) is 0.0635. The first kappa shape index (κ1) is 41.2. The summed E-state index contributed by atoms with van der Waals surface area (Å²) in [5.74, 6) is -1.71. The van der Waals surface area contributed by atoms with Crippen LogP contribution in [0.4, 0.5) is 11.4 Å². The van der Waals surface area contributed by atoms with Crippen LogP contribution in [0.1, 0.15) is 75.9 Å². The highest BCUT2D eigenvalue weighted by Crippen LogP contribution is 2.32. The molecule has 2 saturated heterocycles. The van der Waals surface area contributed by atoms with E-state index in [9.17, 15) is 28.8 Å². The third-order valence-corrected chi connectivity index (χ3v) is 11.3. The monoisotopic (exact) mass is 832 g/mol. The van der Waals surface area contributed by atoms with Gasteiger partial charge in [0.1, 0.15) is 11.9 Å². The van der Waals surface area contributed by atoms with Crippen LogP contribution < -0.4 is 21.3 Å². The van der Waals surface area contributed by atoms with E-state index in [1.807, 2.05) is 24.3 Å². The summed E-state index contributed by atoms with van der Waals surface area (Å²) in [5.41, 5.74) is 4.59. The third kappa shape index (κ3) is 9.30. The molecule has 2 atom stereocenters. The van der Waals surface area contributed by atoms with E-state index in [0.717, 1.165) is 45.8 Å². The van der Waals surface area contributed by atoms with E-state index >= 15 is 0 Å². The van der Waals surface area contributed by atoms with Crippen LogP contribution in [0.2, 0.25) is 0 Å². The van der Waals surface area contributed by atoms with Crippen LogP contribution in [0, 0.1) is 0 Å². The molecule has 18 heteroatoms. The maximum Gasteiger partial charge on any atom is 0.264 e. The number of aromatic nitrogens is 4. The summed E-state index contributed by atoms with van der Waals surface area (Å²) in [4.78, 5) is 87.3. The zero-order valence-electron chi connectivity index (χ0n) is 33.8.